The Labute approximate surface area is 149 Å². The van der Waals surface area contributed by atoms with Crippen molar-refractivity contribution < 1.29 is 9.18 Å². The lowest BCUT2D eigenvalue weighted by Gasteiger charge is -2.23. The number of amides is 1. The summed E-state index contributed by atoms with van der Waals surface area (Å²) in [6.45, 7) is 0.971. The van der Waals surface area contributed by atoms with Gasteiger partial charge in [-0.1, -0.05) is 12.1 Å². The van der Waals surface area contributed by atoms with E-state index in [-0.39, 0.29) is 24.2 Å². The minimum Gasteiger partial charge on any atom is -0.384 e. The van der Waals surface area contributed by atoms with Crippen LogP contribution in [-0.4, -0.2) is 39.1 Å². The van der Waals surface area contributed by atoms with E-state index in [4.69, 9.17) is 5.73 Å². The molecule has 1 amide bonds. The van der Waals surface area contributed by atoms with Gasteiger partial charge in [0.15, 0.2) is 5.65 Å². The second kappa shape index (κ2) is 6.72. The molecule has 8 heteroatoms. The third kappa shape index (κ3) is 3.11. The zero-order valence-electron chi connectivity index (χ0n) is 14.1. The van der Waals surface area contributed by atoms with Gasteiger partial charge >= 0.3 is 0 Å². The third-order valence-electron chi connectivity index (χ3n) is 4.67. The molecule has 26 heavy (non-hydrogen) atoms. The number of hydrogen-bond donors (Lipinski definition) is 3. The molecule has 3 heterocycles. The fraction of sp³-hybridized carbons (Fsp3) is 0.278. The average molecular weight is 354 g/mol. The molecule has 134 valence electrons. The molecule has 1 aliphatic heterocycles. The summed E-state index contributed by atoms with van der Waals surface area (Å²) in [7, 11) is 0. The van der Waals surface area contributed by atoms with Crippen LogP contribution in [0.3, 0.4) is 0 Å². The topological polar surface area (TPSA) is 99.9 Å². The molecule has 0 saturated carbocycles. The lowest BCUT2D eigenvalue weighted by atomic mass is 10.1. The zero-order chi connectivity index (χ0) is 18.1. The summed E-state index contributed by atoms with van der Waals surface area (Å²) in [5.74, 6) is -0.194. The van der Waals surface area contributed by atoms with E-state index in [1.165, 1.54) is 6.07 Å². The van der Waals surface area contributed by atoms with Gasteiger partial charge in [-0.3, -0.25) is 14.8 Å². The lowest BCUT2D eigenvalue weighted by molar-refractivity contribution is -0.117. The van der Waals surface area contributed by atoms with Crippen molar-refractivity contribution >= 4 is 28.4 Å². The van der Waals surface area contributed by atoms with Crippen molar-refractivity contribution in [2.45, 2.75) is 18.9 Å². The van der Waals surface area contributed by atoms with E-state index < -0.39 is 5.82 Å². The smallest absolute Gasteiger partial charge is 0.238 e. The van der Waals surface area contributed by atoms with Crippen LogP contribution in [-0.2, 0) is 4.79 Å². The number of carbonyl (C=O) groups is 1. The number of carbonyl (C=O) groups excluding carboxylic acids is 1. The molecule has 1 saturated heterocycles. The van der Waals surface area contributed by atoms with Crippen molar-refractivity contribution in [3.05, 3.63) is 47.9 Å². The summed E-state index contributed by atoms with van der Waals surface area (Å²) in [4.78, 5) is 19.0. The normalized spacial score (nSPS) is 17.7. The number of aromatic amines is 1. The molecule has 1 aromatic carbocycles. The quantitative estimate of drug-likeness (QED) is 0.668. The van der Waals surface area contributed by atoms with Gasteiger partial charge in [0.05, 0.1) is 29.4 Å². The highest BCUT2D eigenvalue weighted by Gasteiger charge is 2.29. The van der Waals surface area contributed by atoms with Gasteiger partial charge in [0.25, 0.3) is 0 Å². The number of anilines is 2. The number of likely N-dealkylation sites (tertiary alicyclic amines) is 1. The van der Waals surface area contributed by atoms with E-state index >= 15 is 0 Å². The molecule has 4 N–H and O–H groups in total. The van der Waals surface area contributed by atoms with Gasteiger partial charge in [0.2, 0.25) is 5.91 Å². The van der Waals surface area contributed by atoms with Crippen LogP contribution in [0.2, 0.25) is 0 Å². The van der Waals surface area contributed by atoms with E-state index in [1.807, 2.05) is 12.1 Å². The number of benzene rings is 1. The van der Waals surface area contributed by atoms with Gasteiger partial charge in [0, 0.05) is 0 Å². The van der Waals surface area contributed by atoms with E-state index in [1.54, 1.807) is 18.2 Å². The maximum absolute atomic E-state index is 13.7. The summed E-state index contributed by atoms with van der Waals surface area (Å²) in [5, 5.41) is 10.2. The van der Waals surface area contributed by atoms with Crippen LogP contribution in [0.1, 0.15) is 24.6 Å². The summed E-state index contributed by atoms with van der Waals surface area (Å²) in [6, 6.07) is 9.99. The molecule has 3 aromatic rings. The average Bonchev–Trinajstić information content (AvgIpc) is 3.23. The van der Waals surface area contributed by atoms with Crippen molar-refractivity contribution in [3.8, 4) is 0 Å². The van der Waals surface area contributed by atoms with Crippen molar-refractivity contribution in [1.82, 2.24) is 20.1 Å². The van der Waals surface area contributed by atoms with Crippen LogP contribution in [0.15, 0.2) is 36.4 Å². The second-order valence-electron chi connectivity index (χ2n) is 6.40. The van der Waals surface area contributed by atoms with E-state index in [9.17, 15) is 9.18 Å². The molecular formula is C18H19FN6O. The summed E-state index contributed by atoms with van der Waals surface area (Å²) >= 11 is 0. The van der Waals surface area contributed by atoms with E-state index in [0.29, 0.717) is 11.5 Å². The van der Waals surface area contributed by atoms with Crippen LogP contribution in [0, 0.1) is 5.82 Å². The number of fused-ring (bicyclic) bond motifs is 1. The lowest BCUT2D eigenvalue weighted by Crippen LogP contribution is -2.33. The Morgan fingerprint density at radius 2 is 2.19 bits per heavy atom. The predicted octanol–water partition coefficient (Wildman–Crippen LogP) is 2.45. The van der Waals surface area contributed by atoms with Gasteiger partial charge in [-0.2, -0.15) is 5.10 Å². The molecule has 7 nitrogen and oxygen atoms in total. The highest BCUT2D eigenvalue weighted by atomic mass is 19.1. The summed E-state index contributed by atoms with van der Waals surface area (Å²) < 4.78 is 13.7. The van der Waals surface area contributed by atoms with Crippen molar-refractivity contribution in [3.63, 3.8) is 0 Å². The highest BCUT2D eigenvalue weighted by molar-refractivity contribution is 5.92. The molecule has 0 unspecified atom stereocenters. The maximum atomic E-state index is 13.7. The van der Waals surface area contributed by atoms with Gasteiger partial charge in [-0.25, -0.2) is 9.37 Å². The maximum Gasteiger partial charge on any atom is 0.238 e. The highest BCUT2D eigenvalue weighted by Crippen LogP contribution is 2.31. The van der Waals surface area contributed by atoms with Gasteiger partial charge in [0.1, 0.15) is 11.6 Å². The zero-order valence-corrected chi connectivity index (χ0v) is 14.1. The third-order valence-corrected chi connectivity index (χ3v) is 4.67. The Morgan fingerprint density at radius 1 is 1.35 bits per heavy atom. The van der Waals surface area contributed by atoms with Gasteiger partial charge in [-0.05, 0) is 43.7 Å². The SMILES string of the molecule is Nc1[nH]nc2nc([C@H]3CCCN3CC(=O)Nc3ccccc3F)ccc12. The Balaban J connectivity index is 1.49. The first kappa shape index (κ1) is 16.5. The van der Waals surface area contributed by atoms with Crippen LogP contribution in [0.5, 0.6) is 0 Å². The first-order chi connectivity index (χ1) is 12.6. The monoisotopic (exact) mass is 354 g/mol. The predicted molar refractivity (Wildman–Crippen MR) is 96.9 cm³/mol. The minimum atomic E-state index is -0.443. The molecule has 0 radical (unpaired) electrons. The van der Waals surface area contributed by atoms with Crippen molar-refractivity contribution in [2.75, 3.05) is 24.1 Å². The number of hydrogen-bond acceptors (Lipinski definition) is 5. The first-order valence-electron chi connectivity index (χ1n) is 8.51. The van der Waals surface area contributed by atoms with Crippen LogP contribution in [0.25, 0.3) is 11.0 Å². The fourth-order valence-corrected chi connectivity index (χ4v) is 3.40. The van der Waals surface area contributed by atoms with E-state index in [0.717, 1.165) is 30.5 Å². The van der Waals surface area contributed by atoms with Gasteiger partial charge in [-0.15, -0.1) is 0 Å². The molecule has 1 aliphatic rings. The number of nitrogens with one attached hydrogen (secondary N) is 2. The number of pyridine rings is 1. The number of halogens is 1. The van der Waals surface area contributed by atoms with Crippen molar-refractivity contribution in [1.29, 1.82) is 0 Å². The van der Waals surface area contributed by atoms with Crippen LogP contribution in [0.4, 0.5) is 15.9 Å². The largest absolute Gasteiger partial charge is 0.384 e. The molecule has 0 spiro atoms. The minimum absolute atomic E-state index is 0.0312. The number of nitrogen functional groups attached to an aromatic ring is 1. The Kier molecular flexibility index (Phi) is 4.26. The first-order valence-corrected chi connectivity index (χ1v) is 8.51. The van der Waals surface area contributed by atoms with Gasteiger partial charge < -0.3 is 11.1 Å². The molecule has 0 bridgehead atoms. The molecular weight excluding hydrogens is 335 g/mol. The standard InChI is InChI=1S/C18H19FN6O/c19-12-4-1-2-5-13(12)21-16(26)10-25-9-3-6-15(25)14-8-7-11-17(20)23-24-18(11)22-14/h1-2,4-5,7-8,15H,3,6,9-10H2,(H,21,26)(H3,20,22,23,24)/t15-/m1/s1. The Bertz CT molecular complexity index is 956. The number of para-hydroxylation sites is 1. The fourth-order valence-electron chi connectivity index (χ4n) is 3.40. The number of nitrogens with zero attached hydrogens (tertiary/aromatic N) is 3. The van der Waals surface area contributed by atoms with Crippen LogP contribution >= 0.6 is 0 Å². The second-order valence-corrected chi connectivity index (χ2v) is 6.40. The molecule has 1 atom stereocenters. The number of nitrogens with two attached hydrogens (primary N) is 1. The summed E-state index contributed by atoms with van der Waals surface area (Å²) in [5.41, 5.74) is 7.43. The molecule has 2 aromatic heterocycles. The van der Waals surface area contributed by atoms with E-state index in [2.05, 4.69) is 25.4 Å². The number of H-pyrrole nitrogens is 1. The molecule has 4 rings (SSSR count). The van der Waals surface area contributed by atoms with Crippen molar-refractivity contribution in [2.24, 2.45) is 0 Å². The summed E-state index contributed by atoms with van der Waals surface area (Å²) in [6.07, 6.45) is 1.88. The van der Waals surface area contributed by atoms with Crippen LogP contribution < -0.4 is 11.1 Å². The Morgan fingerprint density at radius 3 is 3.04 bits per heavy atom. The molecule has 1 fully saturated rings. The Hall–Kier alpha value is -3.00. The number of rotatable bonds is 4. The number of aromatic nitrogens is 3. The molecule has 0 aliphatic carbocycles.